The molecule has 1 aliphatic heterocycles. The SMILES string of the molecule is Nc1ncc(C(F)(F)F)cc1C(=O)N[C@H]1COC[C@@H]1OCc1ccc(Br)cc1. The number of anilines is 1. The van der Waals surface area contributed by atoms with E-state index in [-0.39, 0.29) is 24.6 Å². The summed E-state index contributed by atoms with van der Waals surface area (Å²) in [6, 6.07) is 7.71. The third-order valence-electron chi connectivity index (χ3n) is 4.21. The molecule has 0 aliphatic carbocycles. The van der Waals surface area contributed by atoms with Crippen LogP contribution in [0.3, 0.4) is 0 Å². The minimum Gasteiger partial charge on any atom is -0.383 e. The van der Waals surface area contributed by atoms with E-state index in [4.69, 9.17) is 15.2 Å². The van der Waals surface area contributed by atoms with E-state index < -0.39 is 29.8 Å². The zero-order valence-electron chi connectivity index (χ0n) is 14.5. The second-order valence-electron chi connectivity index (χ2n) is 6.25. The van der Waals surface area contributed by atoms with Crippen LogP contribution in [0, 0.1) is 0 Å². The zero-order chi connectivity index (χ0) is 20.3. The summed E-state index contributed by atoms with van der Waals surface area (Å²) in [7, 11) is 0. The Hall–Kier alpha value is -2.17. The maximum atomic E-state index is 12.9. The van der Waals surface area contributed by atoms with E-state index in [1.807, 2.05) is 24.3 Å². The van der Waals surface area contributed by atoms with Gasteiger partial charge in [-0.05, 0) is 23.8 Å². The van der Waals surface area contributed by atoms with Gasteiger partial charge in [-0.1, -0.05) is 28.1 Å². The van der Waals surface area contributed by atoms with Crippen molar-refractivity contribution in [3.63, 3.8) is 0 Å². The molecule has 2 aromatic rings. The normalized spacial score (nSPS) is 19.6. The Morgan fingerprint density at radius 2 is 2.04 bits per heavy atom. The van der Waals surface area contributed by atoms with Crippen LogP contribution in [0.25, 0.3) is 0 Å². The van der Waals surface area contributed by atoms with Crippen LogP contribution in [0.4, 0.5) is 19.0 Å². The predicted octanol–water partition coefficient (Wildman–Crippen LogP) is 3.16. The molecule has 2 heterocycles. The number of halogens is 4. The lowest BCUT2D eigenvalue weighted by atomic mass is 10.1. The van der Waals surface area contributed by atoms with Crippen molar-refractivity contribution in [2.45, 2.75) is 24.9 Å². The topological polar surface area (TPSA) is 86.5 Å². The number of alkyl halides is 3. The molecule has 1 aromatic carbocycles. The predicted molar refractivity (Wildman–Crippen MR) is 98.4 cm³/mol. The molecule has 1 fully saturated rings. The number of benzene rings is 1. The Morgan fingerprint density at radius 3 is 2.71 bits per heavy atom. The molecule has 10 heteroatoms. The first-order chi connectivity index (χ1) is 13.2. The summed E-state index contributed by atoms with van der Waals surface area (Å²) in [6.45, 7) is 0.752. The lowest BCUT2D eigenvalue weighted by Gasteiger charge is -2.20. The third-order valence-corrected chi connectivity index (χ3v) is 4.74. The number of nitrogens with two attached hydrogens (primary N) is 1. The number of rotatable bonds is 5. The van der Waals surface area contributed by atoms with Crippen LogP contribution in [-0.2, 0) is 22.3 Å². The molecule has 0 unspecified atom stereocenters. The van der Waals surface area contributed by atoms with E-state index in [0.717, 1.165) is 10.0 Å². The maximum absolute atomic E-state index is 12.9. The summed E-state index contributed by atoms with van der Waals surface area (Å²) in [5.41, 5.74) is 5.14. The summed E-state index contributed by atoms with van der Waals surface area (Å²) in [5, 5.41) is 2.63. The molecular weight excluding hydrogens is 443 g/mol. The van der Waals surface area contributed by atoms with Crippen molar-refractivity contribution in [2.75, 3.05) is 18.9 Å². The Kier molecular flexibility index (Phi) is 6.21. The fraction of sp³-hybridized carbons (Fsp3) is 0.333. The van der Waals surface area contributed by atoms with E-state index in [9.17, 15) is 18.0 Å². The van der Waals surface area contributed by atoms with Gasteiger partial charge in [-0.3, -0.25) is 4.79 Å². The Labute approximate surface area is 167 Å². The molecule has 150 valence electrons. The summed E-state index contributed by atoms with van der Waals surface area (Å²) in [6.07, 6.45) is -4.47. The Morgan fingerprint density at radius 1 is 1.32 bits per heavy atom. The van der Waals surface area contributed by atoms with Crippen molar-refractivity contribution in [2.24, 2.45) is 0 Å². The number of amides is 1. The number of nitrogens with zero attached hydrogens (tertiary/aromatic N) is 1. The number of hydrogen-bond acceptors (Lipinski definition) is 5. The van der Waals surface area contributed by atoms with E-state index >= 15 is 0 Å². The second-order valence-corrected chi connectivity index (χ2v) is 7.16. The van der Waals surface area contributed by atoms with Crippen LogP contribution in [0.15, 0.2) is 41.0 Å². The number of carbonyl (C=O) groups excluding carboxylic acids is 1. The zero-order valence-corrected chi connectivity index (χ0v) is 16.1. The fourth-order valence-electron chi connectivity index (χ4n) is 2.68. The van der Waals surface area contributed by atoms with Crippen LogP contribution < -0.4 is 11.1 Å². The molecule has 0 spiro atoms. The van der Waals surface area contributed by atoms with Gasteiger partial charge in [0.1, 0.15) is 11.9 Å². The fourth-order valence-corrected chi connectivity index (χ4v) is 2.94. The third kappa shape index (κ3) is 5.00. The number of carbonyl (C=O) groups is 1. The highest BCUT2D eigenvalue weighted by Gasteiger charge is 2.34. The molecule has 28 heavy (non-hydrogen) atoms. The van der Waals surface area contributed by atoms with Crippen molar-refractivity contribution < 1.29 is 27.4 Å². The first-order valence-corrected chi connectivity index (χ1v) is 9.10. The number of nitrogen functional groups attached to an aromatic ring is 1. The standard InChI is InChI=1S/C18H17BrF3N3O3/c19-12-3-1-10(2-4-12)7-28-15-9-27-8-14(15)25-17(26)13-5-11(18(20,21)22)6-24-16(13)23/h1-6,14-15H,7-9H2,(H2,23,24)(H,25,26)/t14-,15-/m0/s1. The molecule has 3 rings (SSSR count). The Balaban J connectivity index is 1.65. The minimum atomic E-state index is -4.62. The number of nitrogens with one attached hydrogen (secondary N) is 1. The summed E-state index contributed by atoms with van der Waals surface area (Å²) < 4.78 is 50.7. The van der Waals surface area contributed by atoms with E-state index in [0.29, 0.717) is 18.9 Å². The minimum absolute atomic E-state index is 0.184. The van der Waals surface area contributed by atoms with Crippen molar-refractivity contribution in [1.29, 1.82) is 0 Å². The summed E-state index contributed by atoms with van der Waals surface area (Å²) in [5.74, 6) is -1.04. The first-order valence-electron chi connectivity index (χ1n) is 8.31. The van der Waals surface area contributed by atoms with E-state index in [1.165, 1.54) is 0 Å². The van der Waals surface area contributed by atoms with Crippen LogP contribution in [0.1, 0.15) is 21.5 Å². The monoisotopic (exact) mass is 459 g/mol. The van der Waals surface area contributed by atoms with E-state index in [2.05, 4.69) is 26.2 Å². The van der Waals surface area contributed by atoms with Crippen molar-refractivity contribution >= 4 is 27.7 Å². The van der Waals surface area contributed by atoms with Crippen LogP contribution in [-0.4, -0.2) is 36.3 Å². The molecule has 1 aliphatic rings. The van der Waals surface area contributed by atoms with Gasteiger partial charge in [0.15, 0.2) is 0 Å². The summed E-state index contributed by atoms with van der Waals surface area (Å²) >= 11 is 3.35. The van der Waals surface area contributed by atoms with Gasteiger partial charge in [-0.15, -0.1) is 0 Å². The van der Waals surface area contributed by atoms with Crippen molar-refractivity contribution in [1.82, 2.24) is 10.3 Å². The number of pyridine rings is 1. The highest BCUT2D eigenvalue weighted by atomic mass is 79.9. The highest BCUT2D eigenvalue weighted by Crippen LogP contribution is 2.30. The van der Waals surface area contributed by atoms with Crippen LogP contribution in [0.2, 0.25) is 0 Å². The molecule has 3 N–H and O–H groups in total. The number of aromatic nitrogens is 1. The highest BCUT2D eigenvalue weighted by molar-refractivity contribution is 9.10. The van der Waals surface area contributed by atoms with Gasteiger partial charge >= 0.3 is 6.18 Å². The smallest absolute Gasteiger partial charge is 0.383 e. The molecule has 1 aromatic heterocycles. The van der Waals surface area contributed by atoms with Gasteiger partial charge in [-0.2, -0.15) is 13.2 Å². The van der Waals surface area contributed by atoms with Gasteiger partial charge in [0.25, 0.3) is 5.91 Å². The molecule has 0 radical (unpaired) electrons. The molecular formula is C18H17BrF3N3O3. The average molecular weight is 460 g/mol. The molecule has 2 atom stereocenters. The van der Waals surface area contributed by atoms with Gasteiger partial charge < -0.3 is 20.5 Å². The van der Waals surface area contributed by atoms with Crippen molar-refractivity contribution in [3.8, 4) is 0 Å². The van der Waals surface area contributed by atoms with Gasteiger partial charge in [0, 0.05) is 10.7 Å². The first kappa shape index (κ1) is 20.6. The van der Waals surface area contributed by atoms with Gasteiger partial charge in [0.05, 0.1) is 37.0 Å². The van der Waals surface area contributed by atoms with Crippen LogP contribution in [0.5, 0.6) is 0 Å². The molecule has 1 amide bonds. The lowest BCUT2D eigenvalue weighted by Crippen LogP contribution is -2.44. The van der Waals surface area contributed by atoms with Gasteiger partial charge in [-0.25, -0.2) is 4.98 Å². The van der Waals surface area contributed by atoms with Crippen LogP contribution >= 0.6 is 15.9 Å². The lowest BCUT2D eigenvalue weighted by molar-refractivity contribution is -0.137. The number of ether oxygens (including phenoxy) is 2. The summed E-state index contributed by atoms with van der Waals surface area (Å²) in [4.78, 5) is 15.9. The molecule has 0 saturated carbocycles. The molecule has 1 saturated heterocycles. The quantitative estimate of drug-likeness (QED) is 0.716. The maximum Gasteiger partial charge on any atom is 0.417 e. The average Bonchev–Trinajstić information content (AvgIpc) is 3.07. The Bertz CT molecular complexity index is 846. The van der Waals surface area contributed by atoms with E-state index in [1.54, 1.807) is 0 Å². The molecule has 0 bridgehead atoms. The molecule has 6 nitrogen and oxygen atoms in total. The van der Waals surface area contributed by atoms with Gasteiger partial charge in [0.2, 0.25) is 0 Å². The second kappa shape index (κ2) is 8.46. The largest absolute Gasteiger partial charge is 0.417 e. The van der Waals surface area contributed by atoms with Crippen molar-refractivity contribution in [3.05, 3.63) is 57.7 Å². The number of hydrogen-bond donors (Lipinski definition) is 2.